The number of ether oxygens (including phenoxy) is 1. The lowest BCUT2D eigenvalue weighted by Crippen LogP contribution is -2.16. The fourth-order valence-electron chi connectivity index (χ4n) is 2.47. The van der Waals surface area contributed by atoms with Crippen LogP contribution in [0, 0.1) is 0 Å². The van der Waals surface area contributed by atoms with Gasteiger partial charge in [0.05, 0.1) is 4.90 Å². The summed E-state index contributed by atoms with van der Waals surface area (Å²) in [4.78, 5) is 4.30. The maximum Gasteiger partial charge on any atom is 0.261 e. The number of hydrogen-bond donors (Lipinski definition) is 0. The van der Waals surface area contributed by atoms with Gasteiger partial charge in [-0.05, 0) is 49.6 Å². The van der Waals surface area contributed by atoms with Crippen LogP contribution in [0.25, 0.3) is 10.9 Å². The summed E-state index contributed by atoms with van der Waals surface area (Å²) in [6.07, 6.45) is 8.84. The Balaban J connectivity index is 2.09. The molecule has 1 aliphatic rings. The molecule has 3 rings (SSSR count). The molecule has 6 heteroatoms. The van der Waals surface area contributed by atoms with Gasteiger partial charge in [0.15, 0.2) is 0 Å². The first-order chi connectivity index (χ1) is 10.1. The average Bonchev–Trinajstić information content (AvgIpc) is 2.47. The van der Waals surface area contributed by atoms with Crippen LogP contribution in [0.5, 0.6) is 5.75 Å². The summed E-state index contributed by atoms with van der Waals surface area (Å²) >= 11 is 0. The van der Waals surface area contributed by atoms with Gasteiger partial charge in [-0.3, -0.25) is 4.98 Å². The molecule has 21 heavy (non-hydrogen) atoms. The Hall–Kier alpha value is -1.59. The van der Waals surface area contributed by atoms with E-state index >= 15 is 0 Å². The predicted octanol–water partition coefficient (Wildman–Crippen LogP) is 3.65. The topological polar surface area (TPSA) is 56.3 Å². The summed E-state index contributed by atoms with van der Waals surface area (Å²) in [7, 11) is 1.66. The minimum absolute atomic E-state index is 0.00224. The lowest BCUT2D eigenvalue weighted by atomic mass is 10.1. The molecule has 4 nitrogen and oxygen atoms in total. The SMILES string of the molecule is O=S(=O)(Cl)c1ccc(OC2C=CCCC2)c2ncccc12. The van der Waals surface area contributed by atoms with Crippen molar-refractivity contribution in [3.63, 3.8) is 0 Å². The molecule has 1 heterocycles. The summed E-state index contributed by atoms with van der Waals surface area (Å²) in [5.74, 6) is 0.575. The van der Waals surface area contributed by atoms with Crippen LogP contribution in [0.4, 0.5) is 0 Å². The van der Waals surface area contributed by atoms with Crippen molar-refractivity contribution in [2.75, 3.05) is 0 Å². The number of aromatic nitrogens is 1. The molecule has 0 bridgehead atoms. The lowest BCUT2D eigenvalue weighted by molar-refractivity contribution is 0.232. The fraction of sp³-hybridized carbons (Fsp3) is 0.267. The molecule has 0 saturated carbocycles. The van der Waals surface area contributed by atoms with E-state index < -0.39 is 9.05 Å². The first-order valence-electron chi connectivity index (χ1n) is 6.71. The zero-order chi connectivity index (χ0) is 14.9. The molecule has 0 aliphatic heterocycles. The number of rotatable bonds is 3. The Bertz CT molecular complexity index is 802. The molecule has 2 aromatic rings. The van der Waals surface area contributed by atoms with Gasteiger partial charge in [-0.15, -0.1) is 0 Å². The van der Waals surface area contributed by atoms with E-state index in [0.29, 0.717) is 16.7 Å². The summed E-state index contributed by atoms with van der Waals surface area (Å²) in [5.41, 5.74) is 0.512. The van der Waals surface area contributed by atoms with Gasteiger partial charge in [-0.2, -0.15) is 0 Å². The van der Waals surface area contributed by atoms with Gasteiger partial charge in [0, 0.05) is 22.3 Å². The average molecular weight is 324 g/mol. The van der Waals surface area contributed by atoms with Crippen LogP contribution in [0.3, 0.4) is 0 Å². The van der Waals surface area contributed by atoms with Crippen molar-refractivity contribution in [2.24, 2.45) is 0 Å². The molecule has 0 N–H and O–H groups in total. The van der Waals surface area contributed by atoms with Crippen LogP contribution in [-0.2, 0) is 9.05 Å². The Morgan fingerprint density at radius 2 is 2.14 bits per heavy atom. The molecule has 0 spiro atoms. The van der Waals surface area contributed by atoms with Crippen molar-refractivity contribution in [3.05, 3.63) is 42.6 Å². The second-order valence-electron chi connectivity index (χ2n) is 4.91. The number of benzene rings is 1. The molecule has 0 amide bonds. The van der Waals surface area contributed by atoms with Gasteiger partial charge in [0.2, 0.25) is 0 Å². The van der Waals surface area contributed by atoms with Crippen LogP contribution in [-0.4, -0.2) is 19.5 Å². The second-order valence-corrected chi connectivity index (χ2v) is 7.45. The molecule has 1 atom stereocenters. The minimum atomic E-state index is -3.82. The number of nitrogens with zero attached hydrogens (tertiary/aromatic N) is 1. The first-order valence-corrected chi connectivity index (χ1v) is 9.02. The maximum atomic E-state index is 11.6. The number of pyridine rings is 1. The smallest absolute Gasteiger partial charge is 0.261 e. The minimum Gasteiger partial charge on any atom is -0.484 e. The van der Waals surface area contributed by atoms with Crippen molar-refractivity contribution >= 4 is 30.6 Å². The van der Waals surface area contributed by atoms with Crippen LogP contribution in [0.2, 0.25) is 0 Å². The van der Waals surface area contributed by atoms with Crippen LogP contribution >= 0.6 is 10.7 Å². The van der Waals surface area contributed by atoms with E-state index in [2.05, 4.69) is 11.1 Å². The first kappa shape index (κ1) is 14.4. The number of fused-ring (bicyclic) bond motifs is 1. The van der Waals surface area contributed by atoms with Gasteiger partial charge < -0.3 is 4.74 Å². The Kier molecular flexibility index (Phi) is 3.87. The van der Waals surface area contributed by atoms with Crippen LogP contribution < -0.4 is 4.74 Å². The van der Waals surface area contributed by atoms with Crippen molar-refractivity contribution in [2.45, 2.75) is 30.3 Å². The molecule has 0 saturated heterocycles. The maximum absolute atomic E-state index is 11.6. The van der Waals surface area contributed by atoms with Gasteiger partial charge in [0.1, 0.15) is 17.4 Å². The second kappa shape index (κ2) is 5.66. The van der Waals surface area contributed by atoms with Crippen molar-refractivity contribution < 1.29 is 13.2 Å². The normalized spacial score (nSPS) is 18.8. The van der Waals surface area contributed by atoms with Crippen molar-refractivity contribution in [1.82, 2.24) is 4.98 Å². The molecule has 1 aromatic heterocycles. The van der Waals surface area contributed by atoms with E-state index in [9.17, 15) is 8.42 Å². The van der Waals surface area contributed by atoms with E-state index in [4.69, 9.17) is 15.4 Å². The standard InChI is InChI=1S/C15H14ClNO3S/c16-21(18,19)14-9-8-13(15-12(14)7-4-10-17-15)20-11-5-2-1-3-6-11/h2,4-5,7-11H,1,3,6H2. The predicted molar refractivity (Wildman–Crippen MR) is 82.2 cm³/mol. The third kappa shape index (κ3) is 3.04. The third-order valence-corrected chi connectivity index (χ3v) is 4.82. The highest BCUT2D eigenvalue weighted by Crippen LogP contribution is 2.32. The highest BCUT2D eigenvalue weighted by atomic mass is 35.7. The van der Waals surface area contributed by atoms with Gasteiger partial charge in [-0.1, -0.05) is 6.08 Å². The van der Waals surface area contributed by atoms with E-state index in [0.717, 1.165) is 19.3 Å². The summed E-state index contributed by atoms with van der Waals surface area (Å²) < 4.78 is 29.2. The Labute approximate surface area is 127 Å². The number of hydrogen-bond acceptors (Lipinski definition) is 4. The van der Waals surface area contributed by atoms with Crippen LogP contribution in [0.1, 0.15) is 19.3 Å². The van der Waals surface area contributed by atoms with E-state index in [1.807, 2.05) is 6.08 Å². The van der Waals surface area contributed by atoms with Gasteiger partial charge >= 0.3 is 0 Å². The van der Waals surface area contributed by atoms with E-state index in [1.165, 1.54) is 6.07 Å². The fourth-order valence-corrected chi connectivity index (χ4v) is 3.53. The highest BCUT2D eigenvalue weighted by molar-refractivity contribution is 8.14. The molecular weight excluding hydrogens is 310 g/mol. The summed E-state index contributed by atoms with van der Waals surface area (Å²) in [6.45, 7) is 0. The molecule has 0 fully saturated rings. The monoisotopic (exact) mass is 323 g/mol. The number of allylic oxidation sites excluding steroid dienone is 1. The largest absolute Gasteiger partial charge is 0.484 e. The molecule has 1 aliphatic carbocycles. The molecule has 1 unspecified atom stereocenters. The third-order valence-electron chi connectivity index (χ3n) is 3.44. The van der Waals surface area contributed by atoms with Crippen LogP contribution in [0.15, 0.2) is 47.5 Å². The quantitative estimate of drug-likeness (QED) is 0.639. The van der Waals surface area contributed by atoms with Gasteiger partial charge in [0.25, 0.3) is 9.05 Å². The molecular formula is C15H14ClNO3S. The van der Waals surface area contributed by atoms with Crippen molar-refractivity contribution in [3.8, 4) is 5.75 Å². The Morgan fingerprint density at radius 1 is 1.29 bits per heavy atom. The van der Waals surface area contributed by atoms with E-state index in [-0.39, 0.29) is 11.0 Å². The Morgan fingerprint density at radius 3 is 2.86 bits per heavy atom. The molecule has 110 valence electrons. The highest BCUT2D eigenvalue weighted by Gasteiger charge is 2.19. The summed E-state index contributed by atoms with van der Waals surface area (Å²) in [6, 6.07) is 6.45. The molecule has 0 radical (unpaired) electrons. The van der Waals surface area contributed by atoms with Gasteiger partial charge in [-0.25, -0.2) is 8.42 Å². The zero-order valence-electron chi connectivity index (χ0n) is 11.2. The number of halogens is 1. The van der Waals surface area contributed by atoms with E-state index in [1.54, 1.807) is 24.4 Å². The lowest BCUT2D eigenvalue weighted by Gasteiger charge is -2.19. The van der Waals surface area contributed by atoms with Crippen molar-refractivity contribution in [1.29, 1.82) is 0 Å². The zero-order valence-corrected chi connectivity index (χ0v) is 12.8. The summed E-state index contributed by atoms with van der Waals surface area (Å²) in [5, 5.41) is 0.477. The molecule has 1 aromatic carbocycles.